The maximum absolute atomic E-state index is 14.3. The Labute approximate surface area is 160 Å². The molecular formula is C20H17F2N5O. The van der Waals surface area contributed by atoms with Crippen molar-refractivity contribution in [2.75, 3.05) is 23.8 Å². The van der Waals surface area contributed by atoms with Gasteiger partial charge in [0.1, 0.15) is 17.5 Å². The number of nitrogens with one attached hydrogen (secondary N) is 2. The van der Waals surface area contributed by atoms with Crippen LogP contribution in [0.1, 0.15) is 0 Å². The van der Waals surface area contributed by atoms with Crippen LogP contribution in [0.5, 0.6) is 0 Å². The van der Waals surface area contributed by atoms with Crippen LogP contribution in [0.4, 0.5) is 26.1 Å². The van der Waals surface area contributed by atoms with E-state index in [1.807, 2.05) is 0 Å². The van der Waals surface area contributed by atoms with Gasteiger partial charge in [0, 0.05) is 23.9 Å². The normalized spacial score (nSPS) is 22.6. The summed E-state index contributed by atoms with van der Waals surface area (Å²) in [4.78, 5) is 12.6. The molecule has 0 spiro atoms. The molecule has 8 heteroatoms. The lowest BCUT2D eigenvalue weighted by molar-refractivity contribution is 0.162. The smallest absolute Gasteiger partial charge is 0.212 e. The molecule has 3 aromatic rings. The first-order valence-electron chi connectivity index (χ1n) is 9.04. The van der Waals surface area contributed by atoms with Crippen LogP contribution in [0, 0.1) is 23.6 Å². The maximum Gasteiger partial charge on any atom is 0.212 e. The summed E-state index contributed by atoms with van der Waals surface area (Å²) < 4.78 is 32.8. The molecule has 142 valence electrons. The van der Waals surface area contributed by atoms with Crippen molar-refractivity contribution in [1.82, 2.24) is 15.0 Å². The highest BCUT2D eigenvalue weighted by Crippen LogP contribution is 2.46. The van der Waals surface area contributed by atoms with Gasteiger partial charge in [0.25, 0.3) is 0 Å². The van der Waals surface area contributed by atoms with Gasteiger partial charge in [0.05, 0.1) is 30.7 Å². The molecule has 2 aromatic heterocycles. The first-order chi connectivity index (χ1) is 13.7. The van der Waals surface area contributed by atoms with E-state index in [0.717, 1.165) is 13.2 Å². The Kier molecular flexibility index (Phi) is 4.12. The largest absolute Gasteiger partial charge is 0.381 e. The zero-order valence-electron chi connectivity index (χ0n) is 14.8. The Morgan fingerprint density at radius 2 is 1.75 bits per heavy atom. The number of aromatic nitrogens is 3. The van der Waals surface area contributed by atoms with Crippen LogP contribution >= 0.6 is 0 Å². The van der Waals surface area contributed by atoms with Gasteiger partial charge in [-0.2, -0.15) is 4.39 Å². The Hall–Kier alpha value is -3.13. The van der Waals surface area contributed by atoms with Crippen LogP contribution in [-0.2, 0) is 4.74 Å². The van der Waals surface area contributed by atoms with Gasteiger partial charge >= 0.3 is 0 Å². The standard InChI is InChI=1S/C20H17F2N5O/c21-15-4-2-1-3-12(15)20-26-17(24-11-5-6-16(22)23-8-11)7-18(27-20)25-19-13-9-28-10-14(13)19/h1-8,13-14,19H,9-10H2,(H2,24,25,26,27)/t13-,14+,19?. The first-order valence-corrected chi connectivity index (χ1v) is 9.04. The molecule has 2 aliphatic rings. The van der Waals surface area contributed by atoms with Crippen molar-refractivity contribution in [2.45, 2.75) is 6.04 Å². The Morgan fingerprint density at radius 3 is 2.50 bits per heavy atom. The van der Waals surface area contributed by atoms with E-state index in [-0.39, 0.29) is 5.82 Å². The van der Waals surface area contributed by atoms with E-state index in [1.54, 1.807) is 30.3 Å². The molecule has 1 aliphatic carbocycles. The fourth-order valence-electron chi connectivity index (χ4n) is 3.57. The molecule has 3 heterocycles. The lowest BCUT2D eigenvalue weighted by atomic mass is 10.2. The third-order valence-electron chi connectivity index (χ3n) is 5.11. The van der Waals surface area contributed by atoms with Crippen molar-refractivity contribution in [3.63, 3.8) is 0 Å². The van der Waals surface area contributed by atoms with Crippen molar-refractivity contribution in [1.29, 1.82) is 0 Å². The van der Waals surface area contributed by atoms with Crippen molar-refractivity contribution in [3.8, 4) is 11.4 Å². The molecule has 1 unspecified atom stereocenters. The zero-order chi connectivity index (χ0) is 19.1. The molecule has 0 amide bonds. The predicted octanol–water partition coefficient (Wildman–Crippen LogP) is 3.62. The van der Waals surface area contributed by atoms with Gasteiger partial charge in [-0.05, 0) is 24.3 Å². The zero-order valence-corrected chi connectivity index (χ0v) is 14.8. The minimum atomic E-state index is -0.565. The van der Waals surface area contributed by atoms with E-state index in [0.29, 0.717) is 40.8 Å². The second-order valence-corrected chi connectivity index (χ2v) is 6.97. The Morgan fingerprint density at radius 1 is 0.964 bits per heavy atom. The van der Waals surface area contributed by atoms with Crippen molar-refractivity contribution in [2.24, 2.45) is 11.8 Å². The SMILES string of the molecule is Fc1ccc(Nc2cc(NC3[C@H]4COC[C@@H]34)nc(-c3ccccc3F)n2)cn1. The van der Waals surface area contributed by atoms with E-state index in [2.05, 4.69) is 25.6 Å². The van der Waals surface area contributed by atoms with Gasteiger partial charge in [-0.25, -0.2) is 19.3 Å². The van der Waals surface area contributed by atoms with E-state index in [1.165, 1.54) is 18.3 Å². The van der Waals surface area contributed by atoms with Gasteiger partial charge < -0.3 is 15.4 Å². The topological polar surface area (TPSA) is 72.0 Å². The highest BCUT2D eigenvalue weighted by atomic mass is 19.1. The summed E-state index contributed by atoms with van der Waals surface area (Å²) in [7, 11) is 0. The van der Waals surface area contributed by atoms with Gasteiger partial charge in [-0.1, -0.05) is 12.1 Å². The molecule has 2 N–H and O–H groups in total. The Bertz CT molecular complexity index is 1000. The molecular weight excluding hydrogens is 364 g/mol. The molecule has 1 aromatic carbocycles. The Balaban J connectivity index is 1.48. The average molecular weight is 381 g/mol. The molecule has 3 atom stereocenters. The quantitative estimate of drug-likeness (QED) is 0.658. The third-order valence-corrected chi connectivity index (χ3v) is 5.11. The fourth-order valence-corrected chi connectivity index (χ4v) is 3.57. The first kappa shape index (κ1) is 17.0. The van der Waals surface area contributed by atoms with Crippen LogP contribution < -0.4 is 10.6 Å². The summed E-state index contributed by atoms with van der Waals surface area (Å²) in [6.07, 6.45) is 1.37. The summed E-state index contributed by atoms with van der Waals surface area (Å²) in [5.74, 6) is 1.35. The minimum absolute atomic E-state index is 0.266. The van der Waals surface area contributed by atoms with Crippen LogP contribution in [0.3, 0.4) is 0 Å². The number of nitrogens with zero attached hydrogens (tertiary/aromatic N) is 3. The lowest BCUT2D eigenvalue weighted by Crippen LogP contribution is -2.14. The van der Waals surface area contributed by atoms with Crippen LogP contribution in [-0.4, -0.2) is 34.2 Å². The highest BCUT2D eigenvalue weighted by molar-refractivity contribution is 5.65. The number of hydrogen-bond donors (Lipinski definition) is 2. The summed E-state index contributed by atoms with van der Waals surface area (Å²) in [6, 6.07) is 11.2. The number of halogens is 2. The minimum Gasteiger partial charge on any atom is -0.381 e. The summed E-state index contributed by atoms with van der Waals surface area (Å²) >= 11 is 0. The summed E-state index contributed by atoms with van der Waals surface area (Å²) in [6.45, 7) is 1.50. The monoisotopic (exact) mass is 381 g/mol. The predicted molar refractivity (Wildman–Crippen MR) is 100 cm³/mol. The molecule has 1 aliphatic heterocycles. The van der Waals surface area contributed by atoms with Crippen LogP contribution in [0.15, 0.2) is 48.7 Å². The molecule has 0 radical (unpaired) electrons. The molecule has 6 nitrogen and oxygen atoms in total. The fraction of sp³-hybridized carbons (Fsp3) is 0.250. The van der Waals surface area contributed by atoms with Crippen molar-refractivity contribution in [3.05, 3.63) is 60.4 Å². The number of ether oxygens (including phenoxy) is 1. The molecule has 0 bridgehead atoms. The number of rotatable bonds is 5. The number of pyridine rings is 1. The van der Waals surface area contributed by atoms with E-state index in [9.17, 15) is 8.78 Å². The number of hydrogen-bond acceptors (Lipinski definition) is 6. The second-order valence-electron chi connectivity index (χ2n) is 6.97. The van der Waals surface area contributed by atoms with Gasteiger partial charge in [-0.3, -0.25) is 0 Å². The van der Waals surface area contributed by atoms with E-state index in [4.69, 9.17) is 4.74 Å². The number of fused-ring (bicyclic) bond motifs is 1. The van der Waals surface area contributed by atoms with Gasteiger partial charge in [0.2, 0.25) is 5.95 Å². The molecule has 1 saturated carbocycles. The van der Waals surface area contributed by atoms with Crippen LogP contribution in [0.25, 0.3) is 11.4 Å². The molecule has 2 fully saturated rings. The van der Waals surface area contributed by atoms with E-state index >= 15 is 0 Å². The summed E-state index contributed by atoms with van der Waals surface area (Å²) in [5, 5.41) is 6.49. The molecule has 5 rings (SSSR count). The second kappa shape index (κ2) is 6.79. The van der Waals surface area contributed by atoms with Crippen LogP contribution in [0.2, 0.25) is 0 Å². The van der Waals surface area contributed by atoms with Crippen molar-refractivity contribution >= 4 is 17.3 Å². The summed E-state index contributed by atoms with van der Waals surface area (Å²) in [5.41, 5.74) is 0.882. The van der Waals surface area contributed by atoms with Gasteiger partial charge in [0.15, 0.2) is 5.82 Å². The van der Waals surface area contributed by atoms with Crippen molar-refractivity contribution < 1.29 is 13.5 Å². The highest BCUT2D eigenvalue weighted by Gasteiger charge is 2.54. The van der Waals surface area contributed by atoms with Gasteiger partial charge in [-0.15, -0.1) is 0 Å². The maximum atomic E-state index is 14.3. The molecule has 1 saturated heterocycles. The van der Waals surface area contributed by atoms with E-state index < -0.39 is 11.8 Å². The third kappa shape index (κ3) is 3.27. The molecule has 28 heavy (non-hydrogen) atoms. The number of benzene rings is 1. The number of anilines is 3. The lowest BCUT2D eigenvalue weighted by Gasteiger charge is -2.13. The average Bonchev–Trinajstić information content (AvgIpc) is 3.11.